The van der Waals surface area contributed by atoms with E-state index in [-0.39, 0.29) is 0 Å². The van der Waals surface area contributed by atoms with Gasteiger partial charge in [-0.25, -0.2) is 19.9 Å². The first-order valence-corrected chi connectivity index (χ1v) is 15.6. The molecule has 0 N–H and O–H groups in total. The van der Waals surface area contributed by atoms with Gasteiger partial charge in [-0.05, 0) is 47.5 Å². The molecule has 0 aliphatic carbocycles. The summed E-state index contributed by atoms with van der Waals surface area (Å²) in [4.78, 5) is 20.3. The Morgan fingerprint density at radius 1 is 0.362 bits per heavy atom. The van der Waals surface area contributed by atoms with E-state index in [4.69, 9.17) is 24.4 Å². The second-order valence-corrected chi connectivity index (χ2v) is 11.5. The Labute approximate surface area is 270 Å². The molecule has 0 fully saturated rings. The zero-order chi connectivity index (χ0) is 31.2. The van der Waals surface area contributed by atoms with Gasteiger partial charge in [0.25, 0.3) is 0 Å². The Morgan fingerprint density at radius 2 is 0.872 bits per heavy atom. The fraction of sp³-hybridized carbons (Fsp3) is 0. The third-order valence-electron chi connectivity index (χ3n) is 8.47. The van der Waals surface area contributed by atoms with Crippen LogP contribution in [0.4, 0.5) is 0 Å². The monoisotopic (exact) mass is 602 g/mol. The molecule has 3 aromatic heterocycles. The molecule has 0 aliphatic rings. The van der Waals surface area contributed by atoms with Gasteiger partial charge in [0.1, 0.15) is 16.8 Å². The molecule has 0 spiro atoms. The number of fused-ring (bicyclic) bond motifs is 4. The van der Waals surface area contributed by atoms with E-state index in [1.165, 1.54) is 0 Å². The van der Waals surface area contributed by atoms with Gasteiger partial charge in [0.15, 0.2) is 11.4 Å². The highest BCUT2D eigenvalue weighted by Crippen LogP contribution is 2.37. The van der Waals surface area contributed by atoms with Crippen LogP contribution >= 0.6 is 0 Å². The molecule has 220 valence electrons. The van der Waals surface area contributed by atoms with Crippen LogP contribution in [0.1, 0.15) is 0 Å². The molecule has 0 saturated carbocycles. The van der Waals surface area contributed by atoms with Crippen molar-refractivity contribution in [2.75, 3.05) is 0 Å². The molecule has 9 rings (SSSR count). The number of hydrogen-bond donors (Lipinski definition) is 0. The lowest BCUT2D eigenvalue weighted by molar-refractivity contribution is 0.667. The number of furan rings is 1. The van der Waals surface area contributed by atoms with Crippen molar-refractivity contribution in [1.82, 2.24) is 19.9 Å². The summed E-state index contributed by atoms with van der Waals surface area (Å²) >= 11 is 0. The number of benzene rings is 6. The van der Waals surface area contributed by atoms with Crippen molar-refractivity contribution in [3.8, 4) is 56.3 Å². The first kappa shape index (κ1) is 26.9. The van der Waals surface area contributed by atoms with Gasteiger partial charge in [0.2, 0.25) is 0 Å². The van der Waals surface area contributed by atoms with Crippen molar-refractivity contribution in [3.63, 3.8) is 0 Å². The van der Waals surface area contributed by atoms with E-state index in [1.54, 1.807) is 0 Å². The lowest BCUT2D eigenvalue weighted by Crippen LogP contribution is -1.96. The van der Waals surface area contributed by atoms with Gasteiger partial charge in [0.05, 0.1) is 22.4 Å². The molecule has 0 amide bonds. The van der Waals surface area contributed by atoms with Gasteiger partial charge in [-0.1, -0.05) is 121 Å². The highest BCUT2D eigenvalue weighted by atomic mass is 16.3. The molecule has 3 heterocycles. The number of aromatic nitrogens is 4. The van der Waals surface area contributed by atoms with E-state index < -0.39 is 0 Å². The highest BCUT2D eigenvalue weighted by molar-refractivity contribution is 6.07. The minimum atomic E-state index is 0.646. The molecule has 0 saturated heterocycles. The second kappa shape index (κ2) is 11.2. The summed E-state index contributed by atoms with van der Waals surface area (Å²) in [5.74, 6) is 0.646. The van der Waals surface area contributed by atoms with E-state index in [0.717, 1.165) is 78.0 Å². The van der Waals surface area contributed by atoms with Gasteiger partial charge in [-0.3, -0.25) is 0 Å². The van der Waals surface area contributed by atoms with Crippen molar-refractivity contribution in [1.29, 1.82) is 0 Å². The quantitative estimate of drug-likeness (QED) is 0.196. The maximum absolute atomic E-state index is 6.31. The van der Waals surface area contributed by atoms with Crippen LogP contribution in [-0.2, 0) is 0 Å². The van der Waals surface area contributed by atoms with Crippen LogP contribution in [0.15, 0.2) is 162 Å². The molecule has 6 aromatic carbocycles. The number of nitrogens with zero attached hydrogens (tertiary/aromatic N) is 4. The average molecular weight is 603 g/mol. The SMILES string of the molecule is c1ccc(-c2nc3ccccc3nc2-c2cccc(-c3cccc(-c4nc(-c5ccccc5)c5oc6ccccc6c5n4)c3)c2)cc1. The maximum Gasteiger partial charge on any atom is 0.180 e. The molecule has 5 heteroatoms. The smallest absolute Gasteiger partial charge is 0.180 e. The Balaban J connectivity index is 1.18. The highest BCUT2D eigenvalue weighted by Gasteiger charge is 2.19. The van der Waals surface area contributed by atoms with Crippen LogP contribution < -0.4 is 0 Å². The zero-order valence-electron chi connectivity index (χ0n) is 25.2. The maximum atomic E-state index is 6.31. The van der Waals surface area contributed by atoms with Crippen molar-refractivity contribution >= 4 is 33.1 Å². The first-order valence-electron chi connectivity index (χ1n) is 15.6. The van der Waals surface area contributed by atoms with Crippen LogP contribution in [0.25, 0.3) is 89.4 Å². The van der Waals surface area contributed by atoms with Gasteiger partial charge in [0, 0.05) is 27.6 Å². The molecule has 0 atom stereocenters. The Bertz CT molecular complexity index is 2580. The van der Waals surface area contributed by atoms with Gasteiger partial charge in [-0.2, -0.15) is 0 Å². The van der Waals surface area contributed by atoms with Gasteiger partial charge >= 0.3 is 0 Å². The number of para-hydroxylation sites is 3. The van der Waals surface area contributed by atoms with Gasteiger partial charge < -0.3 is 4.42 Å². The van der Waals surface area contributed by atoms with Crippen LogP contribution in [0.2, 0.25) is 0 Å². The van der Waals surface area contributed by atoms with E-state index in [0.29, 0.717) is 11.4 Å². The van der Waals surface area contributed by atoms with Crippen molar-refractivity contribution < 1.29 is 4.42 Å². The molecule has 9 aromatic rings. The average Bonchev–Trinajstić information content (AvgIpc) is 3.53. The molecule has 5 nitrogen and oxygen atoms in total. The normalized spacial score (nSPS) is 11.4. The number of rotatable bonds is 5. The molecule has 0 radical (unpaired) electrons. The molecular formula is C42H26N4O. The summed E-state index contributed by atoms with van der Waals surface area (Å²) in [7, 11) is 0. The fourth-order valence-electron chi connectivity index (χ4n) is 6.19. The van der Waals surface area contributed by atoms with E-state index in [2.05, 4.69) is 72.8 Å². The van der Waals surface area contributed by atoms with E-state index >= 15 is 0 Å². The molecule has 47 heavy (non-hydrogen) atoms. The molecule has 0 aliphatic heterocycles. The predicted molar refractivity (Wildman–Crippen MR) is 190 cm³/mol. The Kier molecular flexibility index (Phi) is 6.39. The van der Waals surface area contributed by atoms with Crippen molar-refractivity contribution in [2.45, 2.75) is 0 Å². The summed E-state index contributed by atoms with van der Waals surface area (Å²) in [6.45, 7) is 0. The topological polar surface area (TPSA) is 64.7 Å². The van der Waals surface area contributed by atoms with Crippen LogP contribution in [0.5, 0.6) is 0 Å². The third-order valence-corrected chi connectivity index (χ3v) is 8.47. The largest absolute Gasteiger partial charge is 0.452 e. The summed E-state index contributed by atoms with van der Waals surface area (Å²) in [5, 5.41) is 0.970. The van der Waals surface area contributed by atoms with Crippen molar-refractivity contribution in [3.05, 3.63) is 158 Å². The Morgan fingerprint density at radius 3 is 1.57 bits per heavy atom. The summed E-state index contributed by atoms with van der Waals surface area (Å²) in [6.07, 6.45) is 0. The van der Waals surface area contributed by atoms with Crippen LogP contribution in [0, 0.1) is 0 Å². The summed E-state index contributed by atoms with van der Waals surface area (Å²) < 4.78 is 6.31. The molecule has 0 unspecified atom stereocenters. The standard InChI is InChI=1S/C42H26N4O/c1-3-13-27(14-4-1)37-38(44-35-23-9-8-22-34(35)43-37)31-19-11-17-29(25-31)30-18-12-20-32(26-30)42-45-39(28-15-5-2-6-16-28)41-40(46-42)33-21-7-10-24-36(33)47-41/h1-26H. The minimum Gasteiger partial charge on any atom is -0.452 e. The minimum absolute atomic E-state index is 0.646. The fourth-order valence-corrected chi connectivity index (χ4v) is 6.19. The van der Waals surface area contributed by atoms with E-state index in [9.17, 15) is 0 Å². The molecule has 0 bridgehead atoms. The lowest BCUT2D eigenvalue weighted by atomic mass is 9.97. The predicted octanol–water partition coefficient (Wildman–Crippen LogP) is 10.7. The van der Waals surface area contributed by atoms with Gasteiger partial charge in [-0.15, -0.1) is 0 Å². The van der Waals surface area contributed by atoms with Crippen molar-refractivity contribution in [2.24, 2.45) is 0 Å². The second-order valence-electron chi connectivity index (χ2n) is 11.5. The Hall–Kier alpha value is -6.46. The lowest BCUT2D eigenvalue weighted by Gasteiger charge is -2.12. The van der Waals surface area contributed by atoms with E-state index in [1.807, 2.05) is 84.9 Å². The van der Waals surface area contributed by atoms with Crippen LogP contribution in [0.3, 0.4) is 0 Å². The number of hydrogen-bond acceptors (Lipinski definition) is 5. The zero-order valence-corrected chi connectivity index (χ0v) is 25.2. The molecular weight excluding hydrogens is 576 g/mol. The van der Waals surface area contributed by atoms with Crippen LogP contribution in [-0.4, -0.2) is 19.9 Å². The summed E-state index contributed by atoms with van der Waals surface area (Å²) in [6, 6.07) is 53.3. The third kappa shape index (κ3) is 4.82. The first-order chi connectivity index (χ1) is 23.3. The summed E-state index contributed by atoms with van der Waals surface area (Å²) in [5.41, 5.74) is 12.6.